The van der Waals surface area contributed by atoms with Crippen molar-refractivity contribution in [3.8, 4) is 11.5 Å². The highest BCUT2D eigenvalue weighted by molar-refractivity contribution is 5.90. The molecule has 0 saturated carbocycles. The maximum atomic E-state index is 13.7. The van der Waals surface area contributed by atoms with E-state index in [1.54, 1.807) is 12.0 Å². The number of fused-ring (bicyclic) bond motifs is 1. The maximum Gasteiger partial charge on any atom is 0.261 e. The van der Waals surface area contributed by atoms with E-state index in [1.165, 1.54) is 0 Å². The molecule has 1 unspecified atom stereocenters. The van der Waals surface area contributed by atoms with Gasteiger partial charge in [0.1, 0.15) is 17.5 Å². The summed E-state index contributed by atoms with van der Waals surface area (Å²) in [6, 6.07) is 30.2. The van der Waals surface area contributed by atoms with Crippen molar-refractivity contribution in [2.45, 2.75) is 25.9 Å². The van der Waals surface area contributed by atoms with Crippen LogP contribution in [0.5, 0.6) is 11.5 Å². The number of likely N-dealkylation sites (N-methyl/N-ethyl adjacent to an activating group) is 1. The van der Waals surface area contributed by atoms with Gasteiger partial charge in [-0.15, -0.1) is 0 Å². The van der Waals surface area contributed by atoms with Crippen molar-refractivity contribution in [3.63, 3.8) is 0 Å². The van der Waals surface area contributed by atoms with E-state index < -0.39 is 6.04 Å². The Bertz CT molecular complexity index is 1330. The smallest absolute Gasteiger partial charge is 0.261 e. The van der Waals surface area contributed by atoms with E-state index in [1.807, 2.05) is 104 Å². The third kappa shape index (κ3) is 6.67. The SMILES string of the molecule is CCNC(=O)C(Cc1ccccc1)N(Cc1cccc(OC)c1)C(=O)COc1cccc2ccccc12. The van der Waals surface area contributed by atoms with Crippen LogP contribution in [-0.4, -0.2) is 43.0 Å². The molecule has 0 aliphatic carbocycles. The monoisotopic (exact) mass is 496 g/mol. The van der Waals surface area contributed by atoms with E-state index in [-0.39, 0.29) is 25.0 Å². The lowest BCUT2D eigenvalue weighted by molar-refractivity contribution is -0.142. The van der Waals surface area contributed by atoms with E-state index in [0.29, 0.717) is 24.5 Å². The minimum Gasteiger partial charge on any atom is -0.497 e. The van der Waals surface area contributed by atoms with E-state index in [0.717, 1.165) is 21.9 Å². The van der Waals surface area contributed by atoms with Crippen molar-refractivity contribution in [2.24, 2.45) is 0 Å². The molecule has 6 heteroatoms. The van der Waals surface area contributed by atoms with Crippen LogP contribution in [0.15, 0.2) is 97.1 Å². The van der Waals surface area contributed by atoms with Crippen LogP contribution in [0.25, 0.3) is 10.8 Å². The Kier molecular flexibility index (Phi) is 8.76. The van der Waals surface area contributed by atoms with Crippen LogP contribution in [0.4, 0.5) is 0 Å². The summed E-state index contributed by atoms with van der Waals surface area (Å²) in [5.41, 5.74) is 1.83. The van der Waals surface area contributed by atoms with Crippen molar-refractivity contribution in [1.29, 1.82) is 0 Å². The third-order valence-electron chi connectivity index (χ3n) is 6.21. The molecule has 0 spiro atoms. The van der Waals surface area contributed by atoms with E-state index in [4.69, 9.17) is 9.47 Å². The fourth-order valence-corrected chi connectivity index (χ4v) is 4.36. The number of hydrogen-bond acceptors (Lipinski definition) is 4. The zero-order chi connectivity index (χ0) is 26.0. The van der Waals surface area contributed by atoms with Gasteiger partial charge < -0.3 is 19.7 Å². The lowest BCUT2D eigenvalue weighted by Gasteiger charge is -2.31. The lowest BCUT2D eigenvalue weighted by Crippen LogP contribution is -2.51. The Morgan fingerprint density at radius 3 is 2.35 bits per heavy atom. The third-order valence-corrected chi connectivity index (χ3v) is 6.21. The lowest BCUT2D eigenvalue weighted by atomic mass is 10.0. The molecule has 0 saturated heterocycles. The van der Waals surface area contributed by atoms with Gasteiger partial charge >= 0.3 is 0 Å². The van der Waals surface area contributed by atoms with Gasteiger partial charge in [-0.3, -0.25) is 9.59 Å². The molecule has 0 radical (unpaired) electrons. The molecule has 0 aromatic heterocycles. The topological polar surface area (TPSA) is 67.9 Å². The number of hydrogen-bond donors (Lipinski definition) is 1. The summed E-state index contributed by atoms with van der Waals surface area (Å²) >= 11 is 0. The number of methoxy groups -OCH3 is 1. The van der Waals surface area contributed by atoms with Crippen LogP contribution >= 0.6 is 0 Å². The average Bonchev–Trinajstić information content (AvgIpc) is 2.94. The Morgan fingerprint density at radius 1 is 0.865 bits per heavy atom. The van der Waals surface area contributed by atoms with Crippen LogP contribution < -0.4 is 14.8 Å². The summed E-state index contributed by atoms with van der Waals surface area (Å²) in [5, 5.41) is 4.87. The van der Waals surface area contributed by atoms with Crippen LogP contribution in [0.2, 0.25) is 0 Å². The van der Waals surface area contributed by atoms with Crippen molar-refractivity contribution in [3.05, 3.63) is 108 Å². The Balaban J connectivity index is 1.64. The average molecular weight is 497 g/mol. The summed E-state index contributed by atoms with van der Waals surface area (Å²) in [5.74, 6) is 0.843. The summed E-state index contributed by atoms with van der Waals surface area (Å²) in [6.07, 6.45) is 0.386. The molecule has 190 valence electrons. The first-order chi connectivity index (χ1) is 18.1. The molecule has 37 heavy (non-hydrogen) atoms. The van der Waals surface area contributed by atoms with Crippen molar-refractivity contribution >= 4 is 22.6 Å². The molecule has 0 aliphatic rings. The predicted octanol–water partition coefficient (Wildman–Crippen LogP) is 5.00. The number of amides is 2. The summed E-state index contributed by atoms with van der Waals surface area (Å²) in [4.78, 5) is 28.6. The minimum atomic E-state index is -0.711. The molecule has 0 fully saturated rings. The largest absolute Gasteiger partial charge is 0.497 e. The Morgan fingerprint density at radius 2 is 1.57 bits per heavy atom. The van der Waals surface area contributed by atoms with E-state index in [9.17, 15) is 9.59 Å². The molecule has 1 atom stereocenters. The molecule has 6 nitrogen and oxygen atoms in total. The molecule has 0 aliphatic heterocycles. The molecule has 4 aromatic rings. The molecule has 0 heterocycles. The van der Waals surface area contributed by atoms with E-state index in [2.05, 4.69) is 5.32 Å². The zero-order valence-electron chi connectivity index (χ0n) is 21.2. The van der Waals surface area contributed by atoms with Crippen LogP contribution in [0, 0.1) is 0 Å². The van der Waals surface area contributed by atoms with Crippen LogP contribution in [-0.2, 0) is 22.6 Å². The number of nitrogens with zero attached hydrogens (tertiary/aromatic N) is 1. The number of carbonyl (C=O) groups is 2. The van der Waals surface area contributed by atoms with Gasteiger partial charge in [-0.25, -0.2) is 0 Å². The van der Waals surface area contributed by atoms with Gasteiger partial charge in [0.25, 0.3) is 5.91 Å². The Hall–Kier alpha value is -4.32. The molecule has 2 amide bonds. The maximum absolute atomic E-state index is 13.7. The van der Waals surface area contributed by atoms with Gasteiger partial charge in [0.05, 0.1) is 7.11 Å². The van der Waals surface area contributed by atoms with Crippen molar-refractivity contribution in [1.82, 2.24) is 10.2 Å². The van der Waals surface area contributed by atoms with E-state index >= 15 is 0 Å². The first-order valence-electron chi connectivity index (χ1n) is 12.4. The predicted molar refractivity (Wildman–Crippen MR) is 146 cm³/mol. The fraction of sp³-hybridized carbons (Fsp3) is 0.226. The molecule has 0 bridgehead atoms. The van der Waals surface area contributed by atoms with Gasteiger partial charge in [0, 0.05) is 24.9 Å². The zero-order valence-corrected chi connectivity index (χ0v) is 21.2. The standard InChI is InChI=1S/C31H32N2O4/c1-3-32-31(35)28(20-23-11-5-4-6-12-23)33(21-24-13-9-16-26(19-24)36-2)30(34)22-37-29-18-10-15-25-14-7-8-17-27(25)29/h4-19,28H,3,20-22H2,1-2H3,(H,32,35). The highest BCUT2D eigenvalue weighted by Crippen LogP contribution is 2.25. The van der Waals surface area contributed by atoms with Gasteiger partial charge in [0.2, 0.25) is 5.91 Å². The Labute approximate surface area is 217 Å². The highest BCUT2D eigenvalue weighted by atomic mass is 16.5. The summed E-state index contributed by atoms with van der Waals surface area (Å²) in [6.45, 7) is 2.39. The number of benzene rings is 4. The van der Waals surface area contributed by atoms with Gasteiger partial charge in [-0.2, -0.15) is 0 Å². The second-order valence-corrected chi connectivity index (χ2v) is 8.74. The molecule has 4 aromatic carbocycles. The summed E-state index contributed by atoms with van der Waals surface area (Å²) in [7, 11) is 1.60. The quantitative estimate of drug-likeness (QED) is 0.317. The molecular weight excluding hydrogens is 464 g/mol. The van der Waals surface area contributed by atoms with Crippen LogP contribution in [0.3, 0.4) is 0 Å². The first-order valence-corrected chi connectivity index (χ1v) is 12.4. The number of rotatable bonds is 11. The minimum absolute atomic E-state index is 0.192. The second kappa shape index (κ2) is 12.6. The highest BCUT2D eigenvalue weighted by Gasteiger charge is 2.30. The number of carbonyl (C=O) groups excluding carboxylic acids is 2. The molecule has 4 rings (SSSR count). The molecular formula is C31H32N2O4. The van der Waals surface area contributed by atoms with Crippen LogP contribution in [0.1, 0.15) is 18.1 Å². The first kappa shape index (κ1) is 25.8. The number of nitrogens with one attached hydrogen (secondary N) is 1. The number of ether oxygens (including phenoxy) is 2. The summed E-state index contributed by atoms with van der Waals surface area (Å²) < 4.78 is 11.4. The van der Waals surface area contributed by atoms with Gasteiger partial charge in [0.15, 0.2) is 6.61 Å². The van der Waals surface area contributed by atoms with Crippen molar-refractivity contribution in [2.75, 3.05) is 20.3 Å². The van der Waals surface area contributed by atoms with Crippen molar-refractivity contribution < 1.29 is 19.1 Å². The van der Waals surface area contributed by atoms with Gasteiger partial charge in [-0.1, -0.05) is 78.9 Å². The molecule has 1 N–H and O–H groups in total. The normalized spacial score (nSPS) is 11.5. The van der Waals surface area contributed by atoms with Gasteiger partial charge in [-0.05, 0) is 41.6 Å². The second-order valence-electron chi connectivity index (χ2n) is 8.74. The fourth-order valence-electron chi connectivity index (χ4n) is 4.36.